The van der Waals surface area contributed by atoms with Gasteiger partial charge in [-0.2, -0.15) is 10.5 Å². The molecule has 0 aromatic carbocycles. The summed E-state index contributed by atoms with van der Waals surface area (Å²) in [5.41, 5.74) is 0. The van der Waals surface area contributed by atoms with Gasteiger partial charge in [-0.1, -0.05) is 0 Å². The average Bonchev–Trinajstić information content (AvgIpc) is 2.73. The van der Waals surface area contributed by atoms with Crippen LogP contribution in [0.15, 0.2) is 9.81 Å². The normalized spacial score (nSPS) is 14.7. The van der Waals surface area contributed by atoms with Gasteiger partial charge in [0.25, 0.3) is 0 Å². The minimum absolute atomic E-state index is 0. The van der Waals surface area contributed by atoms with Crippen molar-refractivity contribution in [2.24, 2.45) is 0 Å². The second-order valence-electron chi connectivity index (χ2n) is 1.84. The van der Waals surface area contributed by atoms with Crippen LogP contribution in [0.25, 0.3) is 0 Å². The summed E-state index contributed by atoms with van der Waals surface area (Å²) in [7, 11) is 0. The van der Waals surface area contributed by atoms with Crippen LogP contribution in [0.3, 0.4) is 0 Å². The summed E-state index contributed by atoms with van der Waals surface area (Å²) in [4.78, 5) is -0.218. The van der Waals surface area contributed by atoms with Gasteiger partial charge in [0.05, 0.1) is 12.1 Å². The fourth-order valence-corrected chi connectivity index (χ4v) is 0.514. The smallest absolute Gasteiger partial charge is 0.770 e. The molecule has 1 rings (SSSR count). The van der Waals surface area contributed by atoms with Gasteiger partial charge in [-0.15, -0.1) is 9.81 Å². The number of nitriles is 2. The van der Waals surface area contributed by atoms with Crippen LogP contribution < -0.4 is 0 Å². The molecule has 0 saturated heterocycles. The van der Waals surface area contributed by atoms with Gasteiger partial charge in [-0.3, -0.25) is 0 Å². The molecule has 14 heavy (non-hydrogen) atoms. The zero-order valence-corrected chi connectivity index (χ0v) is 9.61. The van der Waals surface area contributed by atoms with Gasteiger partial charge in [0.1, 0.15) is 0 Å². The SMILES string of the molecule is N#C/C([S-])=C(/[S-])C#N.[CH]1[CH][CH][CH][CH]1.[Co+3]. The molecule has 0 unspecified atom stereocenters. The molecule has 2 nitrogen and oxygen atoms in total. The topological polar surface area (TPSA) is 47.6 Å². The number of hydrogen-bond acceptors (Lipinski definition) is 4. The molecule has 1 aliphatic carbocycles. The first kappa shape index (κ1) is 16.1. The van der Waals surface area contributed by atoms with Gasteiger partial charge in [-0.25, -0.2) is 0 Å². The minimum atomic E-state index is -0.109. The molecule has 0 aromatic rings. The van der Waals surface area contributed by atoms with Gasteiger partial charge in [0.15, 0.2) is 0 Å². The van der Waals surface area contributed by atoms with Crippen LogP contribution in [0.4, 0.5) is 0 Å². The zero-order valence-electron chi connectivity index (χ0n) is 6.93. The van der Waals surface area contributed by atoms with E-state index in [0.717, 1.165) is 0 Å². The van der Waals surface area contributed by atoms with Crippen molar-refractivity contribution in [3.05, 3.63) is 41.9 Å². The van der Waals surface area contributed by atoms with Gasteiger partial charge in [-0.05, 0) is 32.1 Å². The molecule has 5 heteroatoms. The van der Waals surface area contributed by atoms with E-state index in [1.807, 2.05) is 32.1 Å². The molecule has 1 saturated carbocycles. The Kier molecular flexibility index (Phi) is 12.4. The second kappa shape index (κ2) is 10.7. The molecule has 0 atom stereocenters. The number of hydrogen-bond donors (Lipinski definition) is 0. The third-order valence-corrected chi connectivity index (χ3v) is 1.68. The summed E-state index contributed by atoms with van der Waals surface area (Å²) < 4.78 is 0. The largest absolute Gasteiger partial charge is 3.00 e. The minimum Gasteiger partial charge on any atom is -0.770 e. The van der Waals surface area contributed by atoms with Crippen molar-refractivity contribution in [2.75, 3.05) is 0 Å². The van der Waals surface area contributed by atoms with Crippen LogP contribution >= 0.6 is 0 Å². The molecule has 5 radical (unpaired) electrons. The summed E-state index contributed by atoms with van der Waals surface area (Å²) in [6, 6.07) is 3.17. The quantitative estimate of drug-likeness (QED) is 0.489. The predicted molar refractivity (Wildman–Crippen MR) is 54.5 cm³/mol. The molecule has 0 aliphatic heterocycles. The Bertz CT molecular complexity index is 229. The Morgan fingerprint density at radius 2 is 1.00 bits per heavy atom. The molecule has 71 valence electrons. The van der Waals surface area contributed by atoms with E-state index in [4.69, 9.17) is 10.5 Å². The summed E-state index contributed by atoms with van der Waals surface area (Å²) >= 11 is 8.70. The summed E-state index contributed by atoms with van der Waals surface area (Å²) in [5, 5.41) is 16.0. The number of allylic oxidation sites excluding steroid dienone is 2. The summed E-state index contributed by atoms with van der Waals surface area (Å²) in [5.74, 6) is 0. The van der Waals surface area contributed by atoms with Crippen LogP contribution in [-0.4, -0.2) is 0 Å². The van der Waals surface area contributed by atoms with E-state index in [1.54, 1.807) is 12.1 Å². The number of nitrogens with zero attached hydrogens (tertiary/aromatic N) is 2. The Balaban J connectivity index is 0. The van der Waals surface area contributed by atoms with Crippen LogP contribution in [0.1, 0.15) is 0 Å². The van der Waals surface area contributed by atoms with E-state index in [9.17, 15) is 0 Å². The van der Waals surface area contributed by atoms with Gasteiger partial charge < -0.3 is 25.3 Å². The third-order valence-electron chi connectivity index (χ3n) is 0.965. The van der Waals surface area contributed by atoms with E-state index < -0.39 is 0 Å². The molecule has 0 heterocycles. The first-order valence-electron chi connectivity index (χ1n) is 3.27. The molecular formula is C9H5CoN2S2+. The molecule has 0 spiro atoms. The maximum atomic E-state index is 8.01. The van der Waals surface area contributed by atoms with Crippen molar-refractivity contribution >= 4 is 25.3 Å². The van der Waals surface area contributed by atoms with Crippen molar-refractivity contribution < 1.29 is 16.8 Å². The Labute approximate surface area is 106 Å². The average molecular weight is 264 g/mol. The number of rotatable bonds is 0. The summed E-state index contributed by atoms with van der Waals surface area (Å²) in [6.07, 6.45) is 10.0. The van der Waals surface area contributed by atoms with Crippen molar-refractivity contribution in [1.29, 1.82) is 10.5 Å². The van der Waals surface area contributed by atoms with Crippen LogP contribution in [0, 0.1) is 54.8 Å². The second-order valence-corrected chi connectivity index (χ2v) is 2.66. The van der Waals surface area contributed by atoms with Gasteiger partial charge in [0, 0.05) is 0 Å². The van der Waals surface area contributed by atoms with Gasteiger partial charge in [0.2, 0.25) is 0 Å². The van der Waals surface area contributed by atoms with Crippen molar-refractivity contribution in [3.8, 4) is 12.1 Å². The fraction of sp³-hybridized carbons (Fsp3) is 0. The molecule has 0 aromatic heterocycles. The first-order chi connectivity index (χ1) is 6.22. The van der Waals surface area contributed by atoms with E-state index >= 15 is 0 Å². The first-order valence-corrected chi connectivity index (χ1v) is 4.09. The Morgan fingerprint density at radius 3 is 1.14 bits per heavy atom. The maximum absolute atomic E-state index is 8.01. The molecule has 0 amide bonds. The Morgan fingerprint density at radius 1 is 0.786 bits per heavy atom. The summed E-state index contributed by atoms with van der Waals surface area (Å²) in [6.45, 7) is 0. The van der Waals surface area contributed by atoms with Crippen LogP contribution in [-0.2, 0) is 42.0 Å². The third kappa shape index (κ3) is 8.27. The molecule has 0 N–H and O–H groups in total. The molecular weight excluding hydrogens is 259 g/mol. The van der Waals surface area contributed by atoms with E-state index in [0.29, 0.717) is 0 Å². The van der Waals surface area contributed by atoms with Crippen LogP contribution in [0.2, 0.25) is 0 Å². The Hall–Kier alpha value is -0.334. The van der Waals surface area contributed by atoms with E-state index in [2.05, 4.69) is 25.3 Å². The van der Waals surface area contributed by atoms with Crippen LogP contribution in [0.5, 0.6) is 0 Å². The van der Waals surface area contributed by atoms with E-state index in [1.165, 1.54) is 0 Å². The molecule has 1 aliphatic rings. The van der Waals surface area contributed by atoms with Crippen molar-refractivity contribution in [2.45, 2.75) is 0 Å². The molecule has 1 fully saturated rings. The molecule has 0 bridgehead atoms. The van der Waals surface area contributed by atoms with Gasteiger partial charge >= 0.3 is 16.8 Å². The maximum Gasteiger partial charge on any atom is 3.00 e. The van der Waals surface area contributed by atoms with Crippen molar-refractivity contribution in [3.63, 3.8) is 0 Å². The fourth-order valence-electron chi connectivity index (χ4n) is 0.422. The predicted octanol–water partition coefficient (Wildman–Crippen LogP) is 1.36. The van der Waals surface area contributed by atoms with Crippen molar-refractivity contribution in [1.82, 2.24) is 0 Å². The zero-order chi connectivity index (χ0) is 10.1. The monoisotopic (exact) mass is 264 g/mol. The van der Waals surface area contributed by atoms with E-state index in [-0.39, 0.29) is 26.6 Å². The standard InChI is InChI=1S/C5H5.C4H2N2S2.Co/c1-2-4-5-3-1;5-1-3(7)4(8)2-6;/h1-5H;7-8H;/q;;+3/p-2/b;4-3-;.